The average Bonchev–Trinajstić information content (AvgIpc) is 2.37. The van der Waals surface area contributed by atoms with Crippen molar-refractivity contribution < 1.29 is 19.5 Å². The van der Waals surface area contributed by atoms with E-state index in [1.807, 2.05) is 6.92 Å². The van der Waals surface area contributed by atoms with Gasteiger partial charge in [0.2, 0.25) is 11.8 Å². The standard InChI is InChI=1S/C13H25N3O4/c1-10(3-4-13(19)20)5-6-14-9-12(18)16-8-7-15-11(2)17/h10,14H,3-9H2,1-2H3,(H,15,17)(H,16,18)(H,19,20). The van der Waals surface area contributed by atoms with Gasteiger partial charge in [0.25, 0.3) is 0 Å². The van der Waals surface area contributed by atoms with Gasteiger partial charge in [-0.1, -0.05) is 6.92 Å². The molecule has 0 heterocycles. The molecule has 1 atom stereocenters. The molecular weight excluding hydrogens is 262 g/mol. The summed E-state index contributed by atoms with van der Waals surface area (Å²) >= 11 is 0. The topological polar surface area (TPSA) is 108 Å². The van der Waals surface area contributed by atoms with Crippen LogP contribution in [0.1, 0.15) is 33.1 Å². The molecule has 7 nitrogen and oxygen atoms in total. The van der Waals surface area contributed by atoms with Crippen molar-refractivity contribution in [2.24, 2.45) is 5.92 Å². The summed E-state index contributed by atoms with van der Waals surface area (Å²) in [4.78, 5) is 32.4. The third-order valence-electron chi connectivity index (χ3n) is 2.77. The third kappa shape index (κ3) is 12.8. The van der Waals surface area contributed by atoms with E-state index in [1.165, 1.54) is 6.92 Å². The van der Waals surface area contributed by atoms with Gasteiger partial charge in [0, 0.05) is 26.4 Å². The van der Waals surface area contributed by atoms with E-state index in [2.05, 4.69) is 16.0 Å². The fourth-order valence-corrected chi connectivity index (χ4v) is 1.57. The Morgan fingerprint density at radius 2 is 1.70 bits per heavy atom. The number of hydrogen-bond acceptors (Lipinski definition) is 4. The van der Waals surface area contributed by atoms with Gasteiger partial charge in [0.1, 0.15) is 0 Å². The molecule has 116 valence electrons. The second-order valence-electron chi connectivity index (χ2n) is 4.84. The van der Waals surface area contributed by atoms with Crippen molar-refractivity contribution in [2.75, 3.05) is 26.2 Å². The number of carbonyl (C=O) groups is 3. The normalized spacial score (nSPS) is 11.7. The quantitative estimate of drug-likeness (QED) is 0.391. The van der Waals surface area contributed by atoms with Crippen molar-refractivity contribution in [2.45, 2.75) is 33.1 Å². The van der Waals surface area contributed by atoms with Crippen LogP contribution in [0.3, 0.4) is 0 Å². The van der Waals surface area contributed by atoms with Gasteiger partial charge >= 0.3 is 5.97 Å². The van der Waals surface area contributed by atoms with Crippen LogP contribution in [0, 0.1) is 5.92 Å². The first-order valence-electron chi connectivity index (χ1n) is 6.85. The van der Waals surface area contributed by atoms with Crippen molar-refractivity contribution in [3.05, 3.63) is 0 Å². The molecule has 0 aliphatic rings. The average molecular weight is 287 g/mol. The van der Waals surface area contributed by atoms with E-state index in [9.17, 15) is 14.4 Å². The Kier molecular flexibility index (Phi) is 10.3. The fraction of sp³-hybridized carbons (Fsp3) is 0.769. The SMILES string of the molecule is CC(=O)NCCNC(=O)CNCCC(C)CCC(=O)O. The minimum Gasteiger partial charge on any atom is -0.481 e. The predicted octanol–water partition coefficient (Wildman–Crippen LogP) is -0.281. The van der Waals surface area contributed by atoms with Crippen LogP contribution in [-0.2, 0) is 14.4 Å². The number of rotatable bonds is 11. The molecule has 0 aromatic carbocycles. The van der Waals surface area contributed by atoms with E-state index >= 15 is 0 Å². The minimum absolute atomic E-state index is 0.117. The van der Waals surface area contributed by atoms with E-state index in [1.54, 1.807) is 0 Å². The van der Waals surface area contributed by atoms with E-state index in [0.29, 0.717) is 32.0 Å². The Labute approximate surface area is 119 Å². The maximum absolute atomic E-state index is 11.4. The number of aliphatic carboxylic acids is 1. The first-order chi connectivity index (χ1) is 9.41. The molecule has 4 N–H and O–H groups in total. The largest absolute Gasteiger partial charge is 0.481 e. The second-order valence-corrected chi connectivity index (χ2v) is 4.84. The highest BCUT2D eigenvalue weighted by Crippen LogP contribution is 2.08. The summed E-state index contributed by atoms with van der Waals surface area (Å²) in [5.41, 5.74) is 0. The smallest absolute Gasteiger partial charge is 0.303 e. The highest BCUT2D eigenvalue weighted by molar-refractivity contribution is 5.78. The van der Waals surface area contributed by atoms with Crippen LogP contribution in [0.5, 0.6) is 0 Å². The van der Waals surface area contributed by atoms with Gasteiger partial charge in [-0.15, -0.1) is 0 Å². The lowest BCUT2D eigenvalue weighted by atomic mass is 10.0. The van der Waals surface area contributed by atoms with Gasteiger partial charge in [0.05, 0.1) is 6.54 Å². The number of hydrogen-bond donors (Lipinski definition) is 4. The maximum atomic E-state index is 11.4. The van der Waals surface area contributed by atoms with Crippen molar-refractivity contribution in [3.63, 3.8) is 0 Å². The molecule has 0 radical (unpaired) electrons. The number of carboxylic acids is 1. The molecule has 0 aromatic heterocycles. The molecule has 2 amide bonds. The Morgan fingerprint density at radius 1 is 1.05 bits per heavy atom. The molecule has 0 saturated heterocycles. The lowest BCUT2D eigenvalue weighted by Gasteiger charge is -2.11. The minimum atomic E-state index is -0.775. The number of carboxylic acid groups (broad SMARTS) is 1. The Hall–Kier alpha value is -1.63. The number of nitrogens with one attached hydrogen (secondary N) is 3. The fourth-order valence-electron chi connectivity index (χ4n) is 1.57. The van der Waals surface area contributed by atoms with Gasteiger partial charge in [-0.3, -0.25) is 14.4 Å². The second kappa shape index (κ2) is 11.2. The highest BCUT2D eigenvalue weighted by Gasteiger charge is 2.06. The summed E-state index contributed by atoms with van der Waals surface area (Å²) in [7, 11) is 0. The molecule has 0 aliphatic heterocycles. The molecular formula is C13H25N3O4. The molecule has 0 bridgehead atoms. The van der Waals surface area contributed by atoms with Gasteiger partial charge in [0.15, 0.2) is 0 Å². The van der Waals surface area contributed by atoms with Crippen molar-refractivity contribution in [3.8, 4) is 0 Å². The zero-order chi connectivity index (χ0) is 15.4. The van der Waals surface area contributed by atoms with Gasteiger partial charge in [-0.25, -0.2) is 0 Å². The van der Waals surface area contributed by atoms with Crippen LogP contribution >= 0.6 is 0 Å². The first-order valence-corrected chi connectivity index (χ1v) is 6.85. The molecule has 0 aromatic rings. The van der Waals surface area contributed by atoms with E-state index in [-0.39, 0.29) is 24.8 Å². The molecule has 20 heavy (non-hydrogen) atoms. The Morgan fingerprint density at radius 3 is 2.30 bits per heavy atom. The van der Waals surface area contributed by atoms with Crippen molar-refractivity contribution >= 4 is 17.8 Å². The van der Waals surface area contributed by atoms with E-state index in [4.69, 9.17) is 5.11 Å². The molecule has 0 spiro atoms. The van der Waals surface area contributed by atoms with Crippen LogP contribution in [0.2, 0.25) is 0 Å². The number of amides is 2. The molecule has 0 aliphatic carbocycles. The zero-order valence-corrected chi connectivity index (χ0v) is 12.2. The highest BCUT2D eigenvalue weighted by atomic mass is 16.4. The zero-order valence-electron chi connectivity index (χ0n) is 12.2. The Bertz CT molecular complexity index is 321. The van der Waals surface area contributed by atoms with Crippen LogP contribution in [0.25, 0.3) is 0 Å². The lowest BCUT2D eigenvalue weighted by molar-refractivity contribution is -0.137. The summed E-state index contributed by atoms with van der Waals surface area (Å²) in [6.45, 7) is 5.17. The summed E-state index contributed by atoms with van der Waals surface area (Å²) in [5, 5.41) is 16.8. The summed E-state index contributed by atoms with van der Waals surface area (Å²) in [5.74, 6) is -0.689. The van der Waals surface area contributed by atoms with E-state index < -0.39 is 5.97 Å². The van der Waals surface area contributed by atoms with Crippen LogP contribution < -0.4 is 16.0 Å². The number of carbonyl (C=O) groups excluding carboxylic acids is 2. The Balaban J connectivity index is 3.42. The van der Waals surface area contributed by atoms with Crippen LogP contribution in [0.15, 0.2) is 0 Å². The third-order valence-corrected chi connectivity index (χ3v) is 2.77. The molecule has 0 saturated carbocycles. The summed E-state index contributed by atoms with van der Waals surface area (Å²) in [6, 6.07) is 0. The molecule has 0 fully saturated rings. The van der Waals surface area contributed by atoms with Crippen molar-refractivity contribution in [1.29, 1.82) is 0 Å². The van der Waals surface area contributed by atoms with Gasteiger partial charge in [-0.05, 0) is 25.3 Å². The molecule has 7 heteroatoms. The van der Waals surface area contributed by atoms with E-state index in [0.717, 1.165) is 6.42 Å². The molecule has 0 rings (SSSR count). The lowest BCUT2D eigenvalue weighted by Crippen LogP contribution is -2.38. The van der Waals surface area contributed by atoms with Crippen LogP contribution in [-0.4, -0.2) is 49.1 Å². The van der Waals surface area contributed by atoms with Gasteiger partial charge in [-0.2, -0.15) is 0 Å². The predicted molar refractivity (Wildman–Crippen MR) is 75.2 cm³/mol. The summed E-state index contributed by atoms with van der Waals surface area (Å²) < 4.78 is 0. The van der Waals surface area contributed by atoms with Crippen LogP contribution in [0.4, 0.5) is 0 Å². The van der Waals surface area contributed by atoms with Crippen molar-refractivity contribution in [1.82, 2.24) is 16.0 Å². The summed E-state index contributed by atoms with van der Waals surface area (Å²) in [6.07, 6.45) is 1.68. The first kappa shape index (κ1) is 18.4. The monoisotopic (exact) mass is 287 g/mol. The maximum Gasteiger partial charge on any atom is 0.303 e. The van der Waals surface area contributed by atoms with Gasteiger partial charge < -0.3 is 21.1 Å². The molecule has 1 unspecified atom stereocenters.